The van der Waals surface area contributed by atoms with Gasteiger partial charge in [0.25, 0.3) is 0 Å². The summed E-state index contributed by atoms with van der Waals surface area (Å²) in [4.78, 5) is 15.1. The Morgan fingerprint density at radius 2 is 2.22 bits per heavy atom. The zero-order valence-electron chi connectivity index (χ0n) is 10.3. The number of carboxylic acids is 1. The van der Waals surface area contributed by atoms with Gasteiger partial charge in [0.2, 0.25) is 0 Å². The van der Waals surface area contributed by atoms with E-state index >= 15 is 0 Å². The van der Waals surface area contributed by atoms with Crippen molar-refractivity contribution in [3.05, 3.63) is 30.1 Å². The minimum absolute atomic E-state index is 0.0936. The van der Waals surface area contributed by atoms with Crippen molar-refractivity contribution >= 4 is 17.0 Å². The molecule has 96 valence electrons. The van der Waals surface area contributed by atoms with Gasteiger partial charge >= 0.3 is 5.97 Å². The van der Waals surface area contributed by atoms with E-state index in [2.05, 4.69) is 4.98 Å². The number of carboxylic acid groups (broad SMARTS) is 1. The smallest absolute Gasteiger partial charge is 0.303 e. The van der Waals surface area contributed by atoms with Crippen LogP contribution in [0.15, 0.2) is 24.3 Å². The van der Waals surface area contributed by atoms with E-state index in [-0.39, 0.29) is 6.42 Å². The number of imidazole rings is 1. The van der Waals surface area contributed by atoms with E-state index in [1.807, 2.05) is 28.8 Å². The number of aliphatic carboxylic acids is 1. The lowest BCUT2D eigenvalue weighted by Gasteiger charge is -2.07. The fraction of sp³-hybridized carbons (Fsp3) is 0.385. The Morgan fingerprint density at radius 1 is 1.44 bits per heavy atom. The quantitative estimate of drug-likeness (QED) is 0.845. The van der Waals surface area contributed by atoms with Crippen molar-refractivity contribution in [2.45, 2.75) is 19.4 Å². The zero-order valence-corrected chi connectivity index (χ0v) is 10.3. The van der Waals surface area contributed by atoms with E-state index in [0.717, 1.165) is 16.9 Å². The molecule has 0 aliphatic carbocycles. The second-order valence-corrected chi connectivity index (χ2v) is 4.05. The number of benzene rings is 1. The van der Waals surface area contributed by atoms with E-state index in [1.54, 1.807) is 7.11 Å². The first kappa shape index (κ1) is 12.6. The Labute approximate surface area is 105 Å². The number of methoxy groups -OCH3 is 1. The summed E-state index contributed by atoms with van der Waals surface area (Å²) in [5.41, 5.74) is 1.92. The Morgan fingerprint density at radius 3 is 2.94 bits per heavy atom. The van der Waals surface area contributed by atoms with Crippen LogP contribution in [0.3, 0.4) is 0 Å². The van der Waals surface area contributed by atoms with Crippen LogP contribution in [0.2, 0.25) is 0 Å². The average molecular weight is 248 g/mol. The van der Waals surface area contributed by atoms with Crippen LogP contribution in [0.25, 0.3) is 11.0 Å². The number of hydrogen-bond donors (Lipinski definition) is 1. The molecule has 0 radical (unpaired) electrons. The van der Waals surface area contributed by atoms with Crippen molar-refractivity contribution in [1.82, 2.24) is 9.55 Å². The number of nitrogens with zero attached hydrogens (tertiary/aromatic N) is 2. The molecule has 0 fully saturated rings. The molecule has 0 atom stereocenters. The third-order valence-corrected chi connectivity index (χ3v) is 2.82. The van der Waals surface area contributed by atoms with Crippen LogP contribution < -0.4 is 0 Å². The Kier molecular flexibility index (Phi) is 3.94. The summed E-state index contributed by atoms with van der Waals surface area (Å²) in [6, 6.07) is 7.80. The van der Waals surface area contributed by atoms with Gasteiger partial charge in [-0.3, -0.25) is 4.79 Å². The summed E-state index contributed by atoms with van der Waals surface area (Å²) in [6.45, 7) is 1.27. The van der Waals surface area contributed by atoms with E-state index in [4.69, 9.17) is 9.84 Å². The van der Waals surface area contributed by atoms with Crippen LogP contribution in [0.1, 0.15) is 12.2 Å². The minimum Gasteiger partial charge on any atom is -0.481 e. The lowest BCUT2D eigenvalue weighted by molar-refractivity contribution is -0.137. The van der Waals surface area contributed by atoms with Crippen LogP contribution in [0.4, 0.5) is 0 Å². The topological polar surface area (TPSA) is 64.3 Å². The lowest BCUT2D eigenvalue weighted by Crippen LogP contribution is -2.10. The maximum absolute atomic E-state index is 10.7. The maximum Gasteiger partial charge on any atom is 0.303 e. The summed E-state index contributed by atoms with van der Waals surface area (Å²) in [6.07, 6.45) is 0.532. The normalized spacial score (nSPS) is 10.9. The molecule has 0 amide bonds. The van der Waals surface area contributed by atoms with Gasteiger partial charge in [-0.05, 0) is 12.1 Å². The van der Waals surface area contributed by atoms with Gasteiger partial charge in [-0.25, -0.2) is 4.98 Å². The third-order valence-electron chi connectivity index (χ3n) is 2.82. The summed E-state index contributed by atoms with van der Waals surface area (Å²) in [7, 11) is 1.65. The number of fused-ring (bicyclic) bond motifs is 1. The molecule has 0 aliphatic heterocycles. The fourth-order valence-electron chi connectivity index (χ4n) is 1.97. The molecular weight excluding hydrogens is 232 g/mol. The van der Waals surface area contributed by atoms with Gasteiger partial charge in [0.05, 0.1) is 24.1 Å². The second-order valence-electron chi connectivity index (χ2n) is 4.05. The van der Waals surface area contributed by atoms with Crippen LogP contribution >= 0.6 is 0 Å². The van der Waals surface area contributed by atoms with Gasteiger partial charge in [0.15, 0.2) is 0 Å². The molecule has 18 heavy (non-hydrogen) atoms. The maximum atomic E-state index is 10.7. The standard InChI is InChI=1S/C13H16N2O3/c1-18-9-8-15-11-5-3-2-4-10(11)14-12(15)6-7-13(16)17/h2-5H,6-9H2,1H3,(H,16,17). The highest BCUT2D eigenvalue weighted by Gasteiger charge is 2.11. The van der Waals surface area contributed by atoms with Gasteiger partial charge in [-0.2, -0.15) is 0 Å². The summed E-state index contributed by atoms with van der Waals surface area (Å²) in [5.74, 6) is -0.00371. The van der Waals surface area contributed by atoms with Crippen LogP contribution in [-0.4, -0.2) is 34.3 Å². The molecule has 5 heteroatoms. The number of rotatable bonds is 6. The van der Waals surface area contributed by atoms with Crippen molar-refractivity contribution < 1.29 is 14.6 Å². The number of carbonyl (C=O) groups is 1. The van der Waals surface area contributed by atoms with E-state index < -0.39 is 5.97 Å². The van der Waals surface area contributed by atoms with Gasteiger partial charge in [-0.1, -0.05) is 12.1 Å². The van der Waals surface area contributed by atoms with Crippen molar-refractivity contribution in [3.63, 3.8) is 0 Å². The molecular formula is C13H16N2O3. The van der Waals surface area contributed by atoms with Crippen LogP contribution in [0, 0.1) is 0 Å². The fourth-order valence-corrected chi connectivity index (χ4v) is 1.97. The molecule has 0 unspecified atom stereocenters. The molecule has 1 aromatic heterocycles. The number of hydrogen-bond acceptors (Lipinski definition) is 3. The SMILES string of the molecule is COCCn1c(CCC(=O)O)nc2ccccc21. The first-order chi connectivity index (χ1) is 8.72. The van der Waals surface area contributed by atoms with Gasteiger partial charge in [0, 0.05) is 20.1 Å². The highest BCUT2D eigenvalue weighted by molar-refractivity contribution is 5.76. The number of aromatic nitrogens is 2. The van der Waals surface area contributed by atoms with Gasteiger partial charge in [0.1, 0.15) is 5.82 Å². The van der Waals surface area contributed by atoms with E-state index in [0.29, 0.717) is 19.6 Å². The highest BCUT2D eigenvalue weighted by atomic mass is 16.5. The summed E-state index contributed by atoms with van der Waals surface area (Å²) in [5, 5.41) is 8.75. The summed E-state index contributed by atoms with van der Waals surface area (Å²) >= 11 is 0. The Balaban J connectivity index is 2.33. The van der Waals surface area contributed by atoms with Crippen molar-refractivity contribution in [2.24, 2.45) is 0 Å². The average Bonchev–Trinajstić information content (AvgIpc) is 2.71. The molecule has 1 aromatic carbocycles. The predicted molar refractivity (Wildman–Crippen MR) is 67.6 cm³/mol. The molecule has 0 saturated carbocycles. The third kappa shape index (κ3) is 2.68. The molecule has 1 heterocycles. The second kappa shape index (κ2) is 5.64. The van der Waals surface area contributed by atoms with Crippen molar-refractivity contribution in [1.29, 1.82) is 0 Å². The molecule has 2 rings (SSSR count). The zero-order chi connectivity index (χ0) is 13.0. The largest absolute Gasteiger partial charge is 0.481 e. The van der Waals surface area contributed by atoms with E-state index in [1.165, 1.54) is 0 Å². The minimum atomic E-state index is -0.805. The van der Waals surface area contributed by atoms with Crippen LogP contribution in [0.5, 0.6) is 0 Å². The van der Waals surface area contributed by atoms with Crippen molar-refractivity contribution in [3.8, 4) is 0 Å². The van der Waals surface area contributed by atoms with Crippen LogP contribution in [-0.2, 0) is 22.5 Å². The first-order valence-electron chi connectivity index (χ1n) is 5.87. The van der Waals surface area contributed by atoms with Gasteiger partial charge in [-0.15, -0.1) is 0 Å². The molecule has 0 spiro atoms. The lowest BCUT2D eigenvalue weighted by atomic mass is 10.3. The summed E-state index contributed by atoms with van der Waals surface area (Å²) < 4.78 is 7.11. The number of ether oxygens (including phenoxy) is 1. The Hall–Kier alpha value is -1.88. The molecule has 1 N–H and O–H groups in total. The van der Waals surface area contributed by atoms with Gasteiger partial charge < -0.3 is 14.4 Å². The monoisotopic (exact) mass is 248 g/mol. The molecule has 2 aromatic rings. The van der Waals surface area contributed by atoms with Crippen molar-refractivity contribution in [2.75, 3.05) is 13.7 Å². The molecule has 0 bridgehead atoms. The molecule has 5 nitrogen and oxygen atoms in total. The number of aryl methyl sites for hydroxylation is 1. The molecule has 0 saturated heterocycles. The highest BCUT2D eigenvalue weighted by Crippen LogP contribution is 2.17. The molecule has 0 aliphatic rings. The number of para-hydroxylation sites is 2. The first-order valence-corrected chi connectivity index (χ1v) is 5.87. The van der Waals surface area contributed by atoms with E-state index in [9.17, 15) is 4.79 Å². The Bertz CT molecular complexity index is 548. The predicted octanol–water partition coefficient (Wildman–Crippen LogP) is 1.70.